The van der Waals surface area contributed by atoms with Gasteiger partial charge in [0, 0.05) is 0 Å². The topological polar surface area (TPSA) is 24.9 Å². The fourth-order valence-corrected chi connectivity index (χ4v) is 2.06. The third kappa shape index (κ3) is 3.44. The van der Waals surface area contributed by atoms with Crippen molar-refractivity contribution in [1.29, 1.82) is 0 Å². The van der Waals surface area contributed by atoms with Gasteiger partial charge in [0.25, 0.3) is 0 Å². The van der Waals surface area contributed by atoms with Crippen LogP contribution in [0.1, 0.15) is 30.5 Å². The van der Waals surface area contributed by atoms with Gasteiger partial charge in [-0.3, -0.25) is 0 Å². The fraction of sp³-hybridized carbons (Fsp3) is 0.267. The Labute approximate surface area is 117 Å². The Morgan fingerprint density at radius 3 is 2.58 bits per heavy atom. The quantitative estimate of drug-likeness (QED) is 0.817. The summed E-state index contributed by atoms with van der Waals surface area (Å²) >= 11 is 5.90. The van der Waals surface area contributed by atoms with Crippen LogP contribution < -0.4 is 5.32 Å². The maximum Gasteiger partial charge on any atom is 0.132 e. The molecule has 0 aliphatic heterocycles. The Morgan fingerprint density at radius 1 is 1.32 bits per heavy atom. The Balaban J connectivity index is 2.18. The molecule has 1 atom stereocenters. The number of halogens is 2. The van der Waals surface area contributed by atoms with Crippen molar-refractivity contribution in [2.24, 2.45) is 0 Å². The molecule has 0 aliphatic rings. The minimum atomic E-state index is -0.220. The molecule has 4 heteroatoms. The highest BCUT2D eigenvalue weighted by Gasteiger charge is 2.10. The Morgan fingerprint density at radius 2 is 2.00 bits per heavy atom. The molecule has 0 bridgehead atoms. The van der Waals surface area contributed by atoms with Crippen LogP contribution in [0, 0.1) is 12.7 Å². The van der Waals surface area contributed by atoms with Crippen LogP contribution in [0.15, 0.2) is 36.5 Å². The Hall–Kier alpha value is -1.61. The predicted molar refractivity (Wildman–Crippen MR) is 77.0 cm³/mol. The summed E-state index contributed by atoms with van der Waals surface area (Å²) in [5.74, 6) is -0.220. The maximum absolute atomic E-state index is 12.9. The number of benzene rings is 1. The molecule has 1 unspecified atom stereocenters. The van der Waals surface area contributed by atoms with Gasteiger partial charge in [0.15, 0.2) is 0 Å². The second-order valence-corrected chi connectivity index (χ2v) is 4.85. The van der Waals surface area contributed by atoms with Crippen molar-refractivity contribution in [3.63, 3.8) is 0 Å². The van der Waals surface area contributed by atoms with Crippen molar-refractivity contribution in [2.75, 3.05) is 5.32 Å². The zero-order valence-corrected chi connectivity index (χ0v) is 11.7. The summed E-state index contributed by atoms with van der Waals surface area (Å²) in [7, 11) is 0. The number of pyridine rings is 1. The molecule has 2 nitrogen and oxygen atoms in total. The van der Waals surface area contributed by atoms with Crippen molar-refractivity contribution in [3.05, 3.63) is 58.6 Å². The fourth-order valence-electron chi connectivity index (χ4n) is 1.95. The van der Waals surface area contributed by atoms with Gasteiger partial charge in [0.1, 0.15) is 11.0 Å². The summed E-state index contributed by atoms with van der Waals surface area (Å²) in [6, 6.07) is 8.64. The molecule has 0 radical (unpaired) electrons. The molecular weight excluding hydrogens is 263 g/mol. The average Bonchev–Trinajstić information content (AvgIpc) is 2.41. The van der Waals surface area contributed by atoms with E-state index in [0.717, 1.165) is 23.2 Å². The first-order valence-corrected chi connectivity index (χ1v) is 6.62. The molecule has 0 spiro atoms. The number of anilines is 1. The van der Waals surface area contributed by atoms with Crippen LogP contribution in [-0.2, 0) is 0 Å². The number of aryl methyl sites for hydroxylation is 1. The second kappa shape index (κ2) is 6.02. The van der Waals surface area contributed by atoms with E-state index in [1.165, 1.54) is 12.1 Å². The van der Waals surface area contributed by atoms with Crippen molar-refractivity contribution >= 4 is 17.3 Å². The van der Waals surface area contributed by atoms with E-state index in [1.807, 2.05) is 13.0 Å². The molecule has 0 fully saturated rings. The van der Waals surface area contributed by atoms with E-state index in [-0.39, 0.29) is 11.9 Å². The highest BCUT2D eigenvalue weighted by molar-refractivity contribution is 6.30. The van der Waals surface area contributed by atoms with E-state index < -0.39 is 0 Å². The van der Waals surface area contributed by atoms with Gasteiger partial charge in [-0.15, -0.1) is 0 Å². The van der Waals surface area contributed by atoms with Crippen molar-refractivity contribution in [1.82, 2.24) is 4.98 Å². The molecule has 0 aliphatic carbocycles. The van der Waals surface area contributed by atoms with Crippen molar-refractivity contribution in [3.8, 4) is 0 Å². The van der Waals surface area contributed by atoms with Gasteiger partial charge in [-0.2, -0.15) is 0 Å². The SMILES string of the molecule is CCC(Nc1cnc(Cl)c(C)c1)c1ccc(F)cc1. The van der Waals surface area contributed by atoms with E-state index >= 15 is 0 Å². The van der Waals surface area contributed by atoms with Gasteiger partial charge in [0.2, 0.25) is 0 Å². The van der Waals surface area contributed by atoms with Crippen molar-refractivity contribution in [2.45, 2.75) is 26.3 Å². The lowest BCUT2D eigenvalue weighted by molar-refractivity contribution is 0.625. The number of hydrogen-bond acceptors (Lipinski definition) is 2. The minimum absolute atomic E-state index is 0.128. The monoisotopic (exact) mass is 278 g/mol. The number of hydrogen-bond donors (Lipinski definition) is 1. The number of nitrogens with one attached hydrogen (secondary N) is 1. The molecule has 1 heterocycles. The normalized spacial score (nSPS) is 12.2. The summed E-state index contributed by atoms with van der Waals surface area (Å²) in [4.78, 5) is 4.12. The summed E-state index contributed by atoms with van der Waals surface area (Å²) in [5.41, 5.74) is 2.90. The van der Waals surface area contributed by atoms with Crippen LogP contribution in [-0.4, -0.2) is 4.98 Å². The largest absolute Gasteiger partial charge is 0.377 e. The van der Waals surface area contributed by atoms with Crippen LogP contribution in [0.3, 0.4) is 0 Å². The van der Waals surface area contributed by atoms with E-state index in [9.17, 15) is 4.39 Å². The summed E-state index contributed by atoms with van der Waals surface area (Å²) in [5, 5.41) is 3.90. The molecule has 0 saturated heterocycles. The Kier molecular flexibility index (Phi) is 4.38. The lowest BCUT2D eigenvalue weighted by atomic mass is 10.0. The van der Waals surface area contributed by atoms with Gasteiger partial charge in [-0.25, -0.2) is 9.37 Å². The van der Waals surface area contributed by atoms with Crippen molar-refractivity contribution < 1.29 is 4.39 Å². The number of rotatable bonds is 4. The van der Waals surface area contributed by atoms with E-state index in [4.69, 9.17) is 11.6 Å². The average molecular weight is 279 g/mol. The van der Waals surface area contributed by atoms with Crippen LogP contribution in [0.2, 0.25) is 5.15 Å². The van der Waals surface area contributed by atoms with Crippen LogP contribution in [0.4, 0.5) is 10.1 Å². The van der Waals surface area contributed by atoms with Gasteiger partial charge >= 0.3 is 0 Å². The second-order valence-electron chi connectivity index (χ2n) is 4.49. The molecule has 2 rings (SSSR count). The first-order chi connectivity index (χ1) is 9.10. The van der Waals surface area contributed by atoms with Gasteiger partial charge in [0.05, 0.1) is 17.9 Å². The number of aromatic nitrogens is 1. The van der Waals surface area contributed by atoms with E-state index in [0.29, 0.717) is 5.15 Å². The third-order valence-corrected chi connectivity index (χ3v) is 3.43. The lowest BCUT2D eigenvalue weighted by Crippen LogP contribution is -2.10. The molecule has 0 saturated carbocycles. The predicted octanol–water partition coefficient (Wildman–Crippen LogP) is 4.75. The summed E-state index contributed by atoms with van der Waals surface area (Å²) < 4.78 is 12.9. The molecule has 1 aromatic carbocycles. The van der Waals surface area contributed by atoms with Crippen LogP contribution in [0.5, 0.6) is 0 Å². The molecule has 1 N–H and O–H groups in total. The highest BCUT2D eigenvalue weighted by atomic mass is 35.5. The van der Waals surface area contributed by atoms with Gasteiger partial charge in [-0.1, -0.05) is 30.7 Å². The molecule has 0 amide bonds. The molecule has 2 aromatic rings. The molecule has 19 heavy (non-hydrogen) atoms. The molecule has 1 aromatic heterocycles. The van der Waals surface area contributed by atoms with Gasteiger partial charge < -0.3 is 5.32 Å². The maximum atomic E-state index is 12.9. The summed E-state index contributed by atoms with van der Waals surface area (Å²) in [6.45, 7) is 4.00. The van der Waals surface area contributed by atoms with Gasteiger partial charge in [-0.05, 0) is 42.7 Å². The lowest BCUT2D eigenvalue weighted by Gasteiger charge is -2.19. The minimum Gasteiger partial charge on any atom is -0.377 e. The van der Waals surface area contributed by atoms with Crippen LogP contribution >= 0.6 is 11.6 Å². The smallest absolute Gasteiger partial charge is 0.132 e. The molecule has 100 valence electrons. The Bertz CT molecular complexity index is 555. The first kappa shape index (κ1) is 13.8. The zero-order chi connectivity index (χ0) is 13.8. The number of nitrogens with zero attached hydrogens (tertiary/aromatic N) is 1. The van der Waals surface area contributed by atoms with E-state index in [2.05, 4.69) is 17.2 Å². The zero-order valence-electron chi connectivity index (χ0n) is 11.0. The molecular formula is C15H16ClFN2. The van der Waals surface area contributed by atoms with E-state index in [1.54, 1.807) is 18.3 Å². The standard InChI is InChI=1S/C15H16ClFN2/c1-3-14(11-4-6-12(17)7-5-11)19-13-8-10(2)15(16)18-9-13/h4-9,14,19H,3H2,1-2H3. The summed E-state index contributed by atoms with van der Waals surface area (Å²) in [6.07, 6.45) is 2.61. The first-order valence-electron chi connectivity index (χ1n) is 6.24. The third-order valence-electron chi connectivity index (χ3n) is 3.04. The van der Waals surface area contributed by atoms with Crippen LogP contribution in [0.25, 0.3) is 0 Å². The highest BCUT2D eigenvalue weighted by Crippen LogP contribution is 2.24.